The molecule has 0 spiro atoms. The number of hydrogen-bond donors (Lipinski definition) is 1. The number of anilines is 2. The van der Waals surface area contributed by atoms with Gasteiger partial charge in [-0.1, -0.05) is 6.07 Å². The van der Waals surface area contributed by atoms with Gasteiger partial charge in [0, 0.05) is 37.1 Å². The van der Waals surface area contributed by atoms with E-state index >= 15 is 0 Å². The molecule has 5 aromatic rings. The van der Waals surface area contributed by atoms with Crippen LogP contribution in [0.3, 0.4) is 0 Å². The third kappa shape index (κ3) is 7.90. The van der Waals surface area contributed by atoms with Gasteiger partial charge in [0.1, 0.15) is 36.2 Å². The number of benzene rings is 1. The summed E-state index contributed by atoms with van der Waals surface area (Å²) in [5, 5.41) is 29.0. The molecule has 1 aliphatic carbocycles. The summed E-state index contributed by atoms with van der Waals surface area (Å²) in [6.07, 6.45) is 14.5. The van der Waals surface area contributed by atoms with Crippen LogP contribution >= 0.6 is 0 Å². The Kier molecular flexibility index (Phi) is 9.94. The highest BCUT2D eigenvalue weighted by Gasteiger charge is 2.32. The summed E-state index contributed by atoms with van der Waals surface area (Å²) in [5.41, 5.74) is 2.63. The fraction of sp³-hybridized carbons (Fsp3) is 0.471. The minimum Gasteiger partial charge on any atom is -0.487 e. The van der Waals surface area contributed by atoms with Crippen LogP contribution in [0.2, 0.25) is 0 Å². The molecular formula is C34H40N12O4. The first-order valence-corrected chi connectivity index (χ1v) is 16.9. The Morgan fingerprint density at radius 3 is 2.52 bits per heavy atom. The second-order valence-corrected chi connectivity index (χ2v) is 12.9. The molecule has 260 valence electrons. The van der Waals surface area contributed by atoms with E-state index in [1.165, 1.54) is 12.6 Å². The molecule has 50 heavy (non-hydrogen) atoms. The van der Waals surface area contributed by atoms with E-state index in [1.54, 1.807) is 29.3 Å². The van der Waals surface area contributed by atoms with Crippen LogP contribution in [-0.2, 0) is 17.9 Å². The van der Waals surface area contributed by atoms with Crippen molar-refractivity contribution in [3.8, 4) is 28.8 Å². The molecule has 4 aromatic heterocycles. The van der Waals surface area contributed by atoms with Crippen molar-refractivity contribution in [3.05, 3.63) is 67.0 Å². The smallest absolute Gasteiger partial charge is 0.257 e. The van der Waals surface area contributed by atoms with E-state index in [0.29, 0.717) is 47.3 Å². The first-order valence-electron chi connectivity index (χ1n) is 16.9. The van der Waals surface area contributed by atoms with Gasteiger partial charge < -0.3 is 23.9 Å². The summed E-state index contributed by atoms with van der Waals surface area (Å²) in [4.78, 5) is 15.9. The monoisotopic (exact) mass is 680 g/mol. The van der Waals surface area contributed by atoms with Crippen LogP contribution in [-0.4, -0.2) is 87.3 Å². The van der Waals surface area contributed by atoms with E-state index in [2.05, 4.69) is 60.6 Å². The number of morpholine rings is 1. The molecule has 0 amide bonds. The molecule has 0 unspecified atom stereocenters. The Morgan fingerprint density at radius 1 is 1.04 bits per heavy atom. The third-order valence-electron chi connectivity index (χ3n) is 9.02. The molecule has 1 aliphatic heterocycles. The molecule has 0 bridgehead atoms. The number of oxazole rings is 1. The van der Waals surface area contributed by atoms with Gasteiger partial charge in [-0.05, 0) is 74.6 Å². The summed E-state index contributed by atoms with van der Waals surface area (Å²) in [6.45, 7) is 8.74. The first kappa shape index (κ1) is 33.1. The van der Waals surface area contributed by atoms with Crippen LogP contribution in [0, 0.1) is 11.3 Å². The number of nitrogens with zero attached hydrogens (tertiary/aromatic N) is 11. The SMILES string of the molecule is C[C@@H]1CN([C@H]2CC[C@H](n3cc(Nc4ncc(-c5ccc(C#N)c(O[C@@H](C)Cn6cnnn6)c5)cn4)c(OCc4ncco4)n3)CC2)C[C@H](C)O1. The lowest BCUT2D eigenvalue weighted by Gasteiger charge is -2.42. The molecule has 3 atom stereocenters. The van der Waals surface area contributed by atoms with Crippen molar-refractivity contribution in [2.75, 3.05) is 18.4 Å². The molecule has 16 heteroatoms. The Bertz CT molecular complexity index is 1850. The van der Waals surface area contributed by atoms with E-state index in [1.807, 2.05) is 29.9 Å². The molecule has 5 heterocycles. The van der Waals surface area contributed by atoms with E-state index in [4.69, 9.17) is 23.7 Å². The molecule has 1 saturated heterocycles. The van der Waals surface area contributed by atoms with Crippen molar-refractivity contribution in [1.29, 1.82) is 5.26 Å². The second kappa shape index (κ2) is 15.0. The Hall–Kier alpha value is -5.40. The highest BCUT2D eigenvalue weighted by atomic mass is 16.5. The van der Waals surface area contributed by atoms with Crippen LogP contribution in [0.25, 0.3) is 11.1 Å². The van der Waals surface area contributed by atoms with Crippen LogP contribution < -0.4 is 14.8 Å². The summed E-state index contributed by atoms with van der Waals surface area (Å²) < 4.78 is 27.1. The van der Waals surface area contributed by atoms with Crippen molar-refractivity contribution in [2.45, 2.75) is 90.0 Å². The first-order chi connectivity index (χ1) is 24.4. The maximum absolute atomic E-state index is 9.68. The van der Waals surface area contributed by atoms with Crippen LogP contribution in [0.15, 0.2) is 60.0 Å². The van der Waals surface area contributed by atoms with Gasteiger partial charge in [-0.15, -0.1) is 10.2 Å². The summed E-state index contributed by atoms with van der Waals surface area (Å²) in [7, 11) is 0. The molecule has 2 fully saturated rings. The van der Waals surface area contributed by atoms with Crippen LogP contribution in [0.1, 0.15) is 64.0 Å². The van der Waals surface area contributed by atoms with Crippen molar-refractivity contribution in [3.63, 3.8) is 0 Å². The maximum atomic E-state index is 9.68. The van der Waals surface area contributed by atoms with Crippen LogP contribution in [0.5, 0.6) is 11.6 Å². The van der Waals surface area contributed by atoms with Gasteiger partial charge in [0.05, 0.1) is 42.8 Å². The van der Waals surface area contributed by atoms with E-state index in [-0.39, 0.29) is 31.0 Å². The van der Waals surface area contributed by atoms with Gasteiger partial charge in [0.15, 0.2) is 6.61 Å². The van der Waals surface area contributed by atoms with Crippen molar-refractivity contribution < 1.29 is 18.6 Å². The fourth-order valence-electron chi connectivity index (χ4n) is 6.75. The second-order valence-electron chi connectivity index (χ2n) is 12.9. The maximum Gasteiger partial charge on any atom is 0.257 e. The topological polar surface area (TPSA) is 180 Å². The van der Waals surface area contributed by atoms with Gasteiger partial charge in [0.2, 0.25) is 11.8 Å². The lowest BCUT2D eigenvalue weighted by molar-refractivity contribution is -0.0852. The zero-order valence-corrected chi connectivity index (χ0v) is 28.3. The largest absolute Gasteiger partial charge is 0.487 e. The van der Waals surface area contributed by atoms with Crippen molar-refractivity contribution in [1.82, 2.24) is 49.8 Å². The highest BCUT2D eigenvalue weighted by Crippen LogP contribution is 2.36. The van der Waals surface area contributed by atoms with Gasteiger partial charge in [-0.3, -0.25) is 9.58 Å². The minimum atomic E-state index is -0.281. The number of hydrogen-bond acceptors (Lipinski definition) is 14. The number of tetrazole rings is 1. The lowest BCUT2D eigenvalue weighted by atomic mass is 9.89. The third-order valence-corrected chi connectivity index (χ3v) is 9.02. The number of nitrogens with one attached hydrogen (secondary N) is 1. The Morgan fingerprint density at radius 2 is 1.82 bits per heavy atom. The molecule has 7 rings (SSSR count). The highest BCUT2D eigenvalue weighted by molar-refractivity contribution is 5.67. The quantitative estimate of drug-likeness (QED) is 0.194. The van der Waals surface area contributed by atoms with Crippen molar-refractivity contribution >= 4 is 11.6 Å². The van der Waals surface area contributed by atoms with Gasteiger partial charge in [-0.2, -0.15) is 5.26 Å². The van der Waals surface area contributed by atoms with Gasteiger partial charge in [-0.25, -0.2) is 19.6 Å². The summed E-state index contributed by atoms with van der Waals surface area (Å²) >= 11 is 0. The van der Waals surface area contributed by atoms with Crippen molar-refractivity contribution in [2.24, 2.45) is 0 Å². The minimum absolute atomic E-state index is 0.135. The fourth-order valence-corrected chi connectivity index (χ4v) is 6.75. The lowest BCUT2D eigenvalue weighted by Crippen LogP contribution is -2.51. The molecule has 0 radical (unpaired) electrons. The van der Waals surface area contributed by atoms with Gasteiger partial charge in [0.25, 0.3) is 5.88 Å². The summed E-state index contributed by atoms with van der Waals surface area (Å²) in [6, 6.07) is 8.38. The number of aromatic nitrogens is 9. The predicted octanol–water partition coefficient (Wildman–Crippen LogP) is 4.57. The van der Waals surface area contributed by atoms with E-state index in [9.17, 15) is 5.26 Å². The normalized spacial score (nSPS) is 21.7. The zero-order chi connectivity index (χ0) is 34.5. The molecule has 1 saturated carbocycles. The van der Waals surface area contributed by atoms with E-state index in [0.717, 1.165) is 49.9 Å². The Balaban J connectivity index is 1.04. The molecule has 16 nitrogen and oxygen atoms in total. The molecule has 1 N–H and O–H groups in total. The molecule has 1 aromatic carbocycles. The number of ether oxygens (including phenoxy) is 3. The van der Waals surface area contributed by atoms with Crippen LogP contribution in [0.4, 0.5) is 11.6 Å². The standard InChI is InChI=1S/C34H40N12O4/c1-22-16-44(17-23(2)49-22)28-6-8-29(9-7-28)46-19-30(33(41-46)48-20-32-36-10-11-47-32)40-34-37-14-27(15-38-34)25-4-5-26(13-35)31(12-25)50-24(3)18-45-21-39-42-43-45/h4-5,10-12,14-15,19,21-24,28-29H,6-9,16-18,20H2,1-3H3,(H,37,38,40)/t22-,23+,24-,28-,29-/m0/s1. The summed E-state index contributed by atoms with van der Waals surface area (Å²) in [5.74, 6) is 1.71. The number of rotatable bonds is 12. The van der Waals surface area contributed by atoms with Gasteiger partial charge >= 0.3 is 0 Å². The Labute approximate surface area is 289 Å². The van der Waals surface area contributed by atoms with E-state index < -0.39 is 0 Å². The molecule has 2 aliphatic rings. The molecular weight excluding hydrogens is 640 g/mol. The zero-order valence-electron chi connectivity index (χ0n) is 28.3. The number of nitriles is 1. The predicted molar refractivity (Wildman–Crippen MR) is 179 cm³/mol. The average Bonchev–Trinajstić information content (AvgIpc) is 3.91. The average molecular weight is 681 g/mol.